The molecule has 0 aromatic heterocycles. The molecule has 0 spiro atoms. The van der Waals surface area contributed by atoms with Gasteiger partial charge in [0.15, 0.2) is 0 Å². The lowest BCUT2D eigenvalue weighted by atomic mass is 10.1. The molecule has 0 heterocycles. The molecule has 0 aliphatic carbocycles. The highest BCUT2D eigenvalue weighted by atomic mass is 79.9. The highest BCUT2D eigenvalue weighted by molar-refractivity contribution is 9.10. The second-order valence-corrected chi connectivity index (χ2v) is 4.76. The maximum absolute atomic E-state index is 13.2. The van der Waals surface area contributed by atoms with Crippen molar-refractivity contribution in [2.24, 2.45) is 0 Å². The van der Waals surface area contributed by atoms with Gasteiger partial charge in [0, 0.05) is 4.47 Å². The summed E-state index contributed by atoms with van der Waals surface area (Å²) in [5, 5.41) is 12.1. The van der Waals surface area contributed by atoms with Gasteiger partial charge >= 0.3 is 0 Å². The maximum Gasteiger partial charge on any atom is 0.125 e. The Balaban J connectivity index is 2.40. The van der Waals surface area contributed by atoms with Crippen molar-refractivity contribution < 1.29 is 4.39 Å². The highest BCUT2D eigenvalue weighted by Crippen LogP contribution is 2.28. The number of benzene rings is 2. The van der Waals surface area contributed by atoms with Crippen LogP contribution in [0.1, 0.15) is 11.1 Å². The van der Waals surface area contributed by atoms with Gasteiger partial charge in [-0.25, -0.2) is 4.39 Å². The summed E-state index contributed by atoms with van der Waals surface area (Å²) in [6.07, 6.45) is 0. The van der Waals surface area contributed by atoms with Crippen LogP contribution in [0, 0.1) is 24.1 Å². The molecule has 90 valence electrons. The van der Waals surface area contributed by atoms with Gasteiger partial charge in [0.05, 0.1) is 16.9 Å². The van der Waals surface area contributed by atoms with Crippen LogP contribution in [0.5, 0.6) is 0 Å². The summed E-state index contributed by atoms with van der Waals surface area (Å²) in [6.45, 7) is 1.92. The Morgan fingerprint density at radius 2 is 1.94 bits per heavy atom. The molecule has 0 fully saturated rings. The normalized spacial score (nSPS) is 9.89. The molecule has 0 amide bonds. The largest absolute Gasteiger partial charge is 0.353 e. The molecule has 0 saturated carbocycles. The minimum absolute atomic E-state index is 0.327. The van der Waals surface area contributed by atoms with E-state index < -0.39 is 0 Å². The summed E-state index contributed by atoms with van der Waals surface area (Å²) in [4.78, 5) is 0. The number of nitrogens with zero attached hydrogens (tertiary/aromatic N) is 1. The molecule has 0 radical (unpaired) electrons. The fraction of sp³-hybridized carbons (Fsp3) is 0.0714. The Bertz CT molecular complexity index is 632. The van der Waals surface area contributed by atoms with Crippen molar-refractivity contribution in [2.45, 2.75) is 6.92 Å². The van der Waals surface area contributed by atoms with E-state index in [-0.39, 0.29) is 5.82 Å². The Kier molecular flexibility index (Phi) is 3.63. The standard InChI is InChI=1S/C14H10BrFN2/c1-9-2-5-13(10(6-9)8-17)18-14-7-11(16)3-4-12(14)15/h2-7,18H,1H3. The smallest absolute Gasteiger partial charge is 0.125 e. The first-order chi connectivity index (χ1) is 8.60. The summed E-state index contributed by atoms with van der Waals surface area (Å²) in [6, 6.07) is 12.0. The van der Waals surface area contributed by atoms with Crippen LogP contribution >= 0.6 is 15.9 Å². The van der Waals surface area contributed by atoms with Crippen molar-refractivity contribution in [1.29, 1.82) is 5.26 Å². The van der Waals surface area contributed by atoms with Gasteiger partial charge in [0.25, 0.3) is 0 Å². The third kappa shape index (κ3) is 2.69. The first-order valence-electron chi connectivity index (χ1n) is 5.33. The van der Waals surface area contributed by atoms with Gasteiger partial charge in [-0.05, 0) is 58.7 Å². The molecule has 0 aliphatic rings. The molecule has 0 unspecified atom stereocenters. The van der Waals surface area contributed by atoms with Crippen molar-refractivity contribution in [3.05, 3.63) is 57.8 Å². The van der Waals surface area contributed by atoms with Crippen LogP contribution in [0.2, 0.25) is 0 Å². The quantitative estimate of drug-likeness (QED) is 0.886. The molecule has 0 bridgehead atoms. The number of nitriles is 1. The lowest BCUT2D eigenvalue weighted by Crippen LogP contribution is -1.95. The molecule has 4 heteroatoms. The van der Waals surface area contributed by atoms with Crippen LogP contribution in [0.25, 0.3) is 0 Å². The molecule has 0 atom stereocenters. The van der Waals surface area contributed by atoms with Crippen LogP contribution in [-0.4, -0.2) is 0 Å². The van der Waals surface area contributed by atoms with Crippen LogP contribution in [0.15, 0.2) is 40.9 Å². The Morgan fingerprint density at radius 3 is 2.67 bits per heavy atom. The van der Waals surface area contributed by atoms with E-state index in [1.807, 2.05) is 19.1 Å². The van der Waals surface area contributed by atoms with Crippen LogP contribution in [-0.2, 0) is 0 Å². The first-order valence-corrected chi connectivity index (χ1v) is 6.12. The lowest BCUT2D eigenvalue weighted by molar-refractivity contribution is 0.628. The number of hydrogen-bond donors (Lipinski definition) is 1. The SMILES string of the molecule is Cc1ccc(Nc2cc(F)ccc2Br)c(C#N)c1. The van der Waals surface area contributed by atoms with Gasteiger partial charge in [-0.1, -0.05) is 6.07 Å². The molecule has 0 saturated heterocycles. The lowest BCUT2D eigenvalue weighted by Gasteiger charge is -2.10. The average molecular weight is 305 g/mol. The predicted molar refractivity (Wildman–Crippen MR) is 73.3 cm³/mol. The monoisotopic (exact) mass is 304 g/mol. The number of hydrogen-bond acceptors (Lipinski definition) is 2. The number of halogens is 2. The van der Waals surface area contributed by atoms with E-state index in [0.29, 0.717) is 16.9 Å². The third-order valence-electron chi connectivity index (χ3n) is 2.49. The topological polar surface area (TPSA) is 35.8 Å². The number of rotatable bonds is 2. The minimum Gasteiger partial charge on any atom is -0.353 e. The molecular weight excluding hydrogens is 295 g/mol. The maximum atomic E-state index is 13.2. The molecular formula is C14H10BrFN2. The summed E-state index contributed by atoms with van der Waals surface area (Å²) in [7, 11) is 0. The molecule has 2 nitrogen and oxygen atoms in total. The van der Waals surface area contributed by atoms with E-state index >= 15 is 0 Å². The number of aryl methyl sites for hydroxylation is 1. The fourth-order valence-electron chi connectivity index (χ4n) is 1.60. The van der Waals surface area contributed by atoms with E-state index in [1.165, 1.54) is 12.1 Å². The van der Waals surface area contributed by atoms with E-state index in [0.717, 1.165) is 10.0 Å². The summed E-state index contributed by atoms with van der Waals surface area (Å²) in [5.74, 6) is -0.327. The summed E-state index contributed by atoms with van der Waals surface area (Å²) >= 11 is 3.34. The van der Waals surface area contributed by atoms with E-state index in [2.05, 4.69) is 27.3 Å². The number of anilines is 2. The zero-order chi connectivity index (χ0) is 13.1. The zero-order valence-corrected chi connectivity index (χ0v) is 11.3. The Morgan fingerprint density at radius 1 is 1.17 bits per heavy atom. The summed E-state index contributed by atoms with van der Waals surface area (Å²) < 4.78 is 13.9. The second kappa shape index (κ2) is 5.19. The van der Waals surface area contributed by atoms with Crippen molar-refractivity contribution >= 4 is 27.3 Å². The van der Waals surface area contributed by atoms with Gasteiger partial charge in [0.1, 0.15) is 11.9 Å². The molecule has 2 rings (SSSR count). The van der Waals surface area contributed by atoms with Crippen LogP contribution in [0.3, 0.4) is 0 Å². The van der Waals surface area contributed by atoms with E-state index in [9.17, 15) is 4.39 Å². The van der Waals surface area contributed by atoms with Crippen molar-refractivity contribution in [1.82, 2.24) is 0 Å². The molecule has 18 heavy (non-hydrogen) atoms. The van der Waals surface area contributed by atoms with Crippen LogP contribution < -0.4 is 5.32 Å². The van der Waals surface area contributed by atoms with E-state index in [4.69, 9.17) is 5.26 Å². The molecule has 2 aromatic rings. The second-order valence-electron chi connectivity index (χ2n) is 3.91. The molecule has 0 aliphatic heterocycles. The van der Waals surface area contributed by atoms with Gasteiger partial charge in [-0.2, -0.15) is 5.26 Å². The van der Waals surface area contributed by atoms with Gasteiger partial charge in [-0.15, -0.1) is 0 Å². The first kappa shape index (κ1) is 12.6. The summed E-state index contributed by atoms with van der Waals surface area (Å²) in [5.41, 5.74) is 2.80. The predicted octanol–water partition coefficient (Wildman–Crippen LogP) is 4.51. The van der Waals surface area contributed by atoms with Crippen LogP contribution in [0.4, 0.5) is 15.8 Å². The average Bonchev–Trinajstić information content (AvgIpc) is 2.36. The Labute approximate surface area is 113 Å². The van der Waals surface area contributed by atoms with Crippen molar-refractivity contribution in [3.8, 4) is 6.07 Å². The minimum atomic E-state index is -0.327. The van der Waals surface area contributed by atoms with Crippen molar-refractivity contribution in [3.63, 3.8) is 0 Å². The zero-order valence-electron chi connectivity index (χ0n) is 9.67. The number of nitrogens with one attached hydrogen (secondary N) is 1. The van der Waals surface area contributed by atoms with Crippen molar-refractivity contribution in [2.75, 3.05) is 5.32 Å². The highest BCUT2D eigenvalue weighted by Gasteiger charge is 2.06. The molecule has 1 N–H and O–H groups in total. The van der Waals surface area contributed by atoms with E-state index in [1.54, 1.807) is 12.1 Å². The fourth-order valence-corrected chi connectivity index (χ4v) is 1.94. The van der Waals surface area contributed by atoms with Gasteiger partial charge in [0.2, 0.25) is 0 Å². The third-order valence-corrected chi connectivity index (χ3v) is 3.18. The van der Waals surface area contributed by atoms with Gasteiger partial charge < -0.3 is 5.32 Å². The Hall–Kier alpha value is -1.86. The van der Waals surface area contributed by atoms with Gasteiger partial charge in [-0.3, -0.25) is 0 Å². The molecule has 2 aromatic carbocycles.